The van der Waals surface area contributed by atoms with Gasteiger partial charge in [-0.2, -0.15) is 0 Å². The Morgan fingerprint density at radius 2 is 2.19 bits per heavy atom. The van der Waals surface area contributed by atoms with Gasteiger partial charge in [-0.3, -0.25) is 4.79 Å². The largest absolute Gasteiger partial charge is 0.368 e. The van der Waals surface area contributed by atoms with Crippen molar-refractivity contribution in [2.24, 2.45) is 5.92 Å². The van der Waals surface area contributed by atoms with E-state index in [0.29, 0.717) is 38.5 Å². The maximum Gasteiger partial charge on any atom is 0.256 e. The first-order chi connectivity index (χ1) is 15.0. The smallest absolute Gasteiger partial charge is 0.256 e. The van der Waals surface area contributed by atoms with Gasteiger partial charge in [0.05, 0.1) is 17.9 Å². The molecule has 2 fully saturated rings. The highest BCUT2D eigenvalue weighted by Gasteiger charge is 2.43. The minimum absolute atomic E-state index is 0.183. The molecule has 4 heterocycles. The number of rotatable bonds is 3. The molecule has 0 saturated carbocycles. The fourth-order valence-electron chi connectivity index (χ4n) is 5.20. The number of hydrogen-bond donors (Lipinski definition) is 1. The molecule has 3 aliphatic rings. The molecule has 0 radical (unpaired) electrons. The minimum atomic E-state index is -0.464. The zero-order valence-electron chi connectivity index (χ0n) is 18.0. The SMILES string of the molecule is Cc1ncc2c(n1)C1(CCN(C(=O)c3cc(CC4CCNC4)ccc3F)CC1)OCC2. The summed E-state index contributed by atoms with van der Waals surface area (Å²) in [4.78, 5) is 24.0. The molecule has 1 aromatic carbocycles. The van der Waals surface area contributed by atoms with Gasteiger partial charge in [-0.05, 0) is 81.3 Å². The van der Waals surface area contributed by atoms with Gasteiger partial charge in [0.2, 0.25) is 0 Å². The molecule has 1 N–H and O–H groups in total. The molecule has 0 bridgehead atoms. The van der Waals surface area contributed by atoms with Crippen LogP contribution in [0.5, 0.6) is 0 Å². The second kappa shape index (κ2) is 8.28. The molecular formula is C24H29FN4O2. The average Bonchev–Trinajstić information content (AvgIpc) is 3.29. The van der Waals surface area contributed by atoms with E-state index in [4.69, 9.17) is 4.74 Å². The summed E-state index contributed by atoms with van der Waals surface area (Å²) in [5.74, 6) is 0.616. The summed E-state index contributed by atoms with van der Waals surface area (Å²) in [7, 11) is 0. The number of ether oxygens (including phenoxy) is 1. The van der Waals surface area contributed by atoms with E-state index >= 15 is 0 Å². The lowest BCUT2D eigenvalue weighted by Crippen LogP contribution is -2.49. The first kappa shape index (κ1) is 20.5. The van der Waals surface area contributed by atoms with E-state index in [1.54, 1.807) is 11.0 Å². The molecule has 164 valence electrons. The van der Waals surface area contributed by atoms with Crippen molar-refractivity contribution in [3.05, 3.63) is 58.4 Å². The number of carbonyl (C=O) groups excluding carboxylic acids is 1. The fraction of sp³-hybridized carbons (Fsp3) is 0.542. The molecule has 1 spiro atoms. The number of hydrogen-bond acceptors (Lipinski definition) is 5. The van der Waals surface area contributed by atoms with Gasteiger partial charge < -0.3 is 15.0 Å². The summed E-state index contributed by atoms with van der Waals surface area (Å²) in [5.41, 5.74) is 2.85. The number of fused-ring (bicyclic) bond motifs is 2. The predicted octanol–water partition coefficient (Wildman–Crippen LogP) is 2.78. The molecule has 0 aliphatic carbocycles. The van der Waals surface area contributed by atoms with E-state index in [9.17, 15) is 9.18 Å². The third kappa shape index (κ3) is 3.96. The van der Waals surface area contributed by atoms with E-state index < -0.39 is 11.4 Å². The Bertz CT molecular complexity index is 982. The lowest BCUT2D eigenvalue weighted by molar-refractivity contribution is -0.0969. The number of benzene rings is 1. The van der Waals surface area contributed by atoms with Crippen LogP contribution in [-0.2, 0) is 23.2 Å². The Morgan fingerprint density at radius 1 is 1.35 bits per heavy atom. The van der Waals surface area contributed by atoms with Crippen LogP contribution in [0.25, 0.3) is 0 Å². The number of nitrogens with zero attached hydrogens (tertiary/aromatic N) is 3. The fourth-order valence-corrected chi connectivity index (χ4v) is 5.20. The molecule has 5 rings (SSSR count). The minimum Gasteiger partial charge on any atom is -0.368 e. The van der Waals surface area contributed by atoms with E-state index in [-0.39, 0.29) is 11.5 Å². The van der Waals surface area contributed by atoms with Crippen LogP contribution in [0, 0.1) is 18.7 Å². The third-order valence-corrected chi connectivity index (χ3v) is 6.97. The number of nitrogens with one attached hydrogen (secondary N) is 1. The number of aromatic nitrogens is 2. The van der Waals surface area contributed by atoms with Gasteiger partial charge in [0, 0.05) is 19.3 Å². The van der Waals surface area contributed by atoms with Gasteiger partial charge in [-0.15, -0.1) is 0 Å². The first-order valence-corrected chi connectivity index (χ1v) is 11.3. The molecule has 1 unspecified atom stereocenters. The van der Waals surface area contributed by atoms with Crippen LogP contribution in [0.2, 0.25) is 0 Å². The third-order valence-electron chi connectivity index (χ3n) is 6.97. The van der Waals surface area contributed by atoms with E-state index in [2.05, 4.69) is 15.3 Å². The Labute approximate surface area is 182 Å². The zero-order chi connectivity index (χ0) is 21.4. The van der Waals surface area contributed by atoms with Crippen LogP contribution in [-0.4, -0.2) is 53.6 Å². The Balaban J connectivity index is 1.31. The lowest BCUT2D eigenvalue weighted by Gasteiger charge is -2.44. The van der Waals surface area contributed by atoms with Crippen LogP contribution in [0.1, 0.15) is 52.3 Å². The van der Waals surface area contributed by atoms with Crippen LogP contribution in [0.3, 0.4) is 0 Å². The van der Waals surface area contributed by atoms with Gasteiger partial charge in [0.15, 0.2) is 0 Å². The molecule has 2 saturated heterocycles. The number of halogens is 1. The van der Waals surface area contributed by atoms with Crippen molar-refractivity contribution < 1.29 is 13.9 Å². The van der Waals surface area contributed by atoms with Gasteiger partial charge in [-0.1, -0.05) is 6.07 Å². The number of likely N-dealkylation sites (tertiary alicyclic amines) is 1. The molecule has 1 amide bonds. The molecule has 31 heavy (non-hydrogen) atoms. The Hall–Kier alpha value is -2.38. The Morgan fingerprint density at radius 3 is 2.97 bits per heavy atom. The number of piperidine rings is 1. The summed E-state index contributed by atoms with van der Waals surface area (Å²) in [5, 5.41) is 3.36. The standard InChI is InChI=1S/C24H29FN4O2/c1-16-27-15-19-5-11-31-24(22(19)28-16)6-9-29(10-7-24)23(30)20-13-17(2-3-21(20)25)12-18-4-8-26-14-18/h2-3,13,15,18,26H,4-12,14H2,1H3. The molecule has 2 aromatic rings. The quantitative estimate of drug-likeness (QED) is 0.821. The second-order valence-electron chi connectivity index (χ2n) is 9.05. The summed E-state index contributed by atoms with van der Waals surface area (Å²) in [6.45, 7) is 5.59. The van der Waals surface area contributed by atoms with Crippen molar-refractivity contribution in [2.75, 3.05) is 32.8 Å². The summed E-state index contributed by atoms with van der Waals surface area (Å²) < 4.78 is 20.8. The van der Waals surface area contributed by atoms with E-state index in [0.717, 1.165) is 55.0 Å². The Kier molecular flexibility index (Phi) is 5.48. The van der Waals surface area contributed by atoms with Crippen LogP contribution >= 0.6 is 0 Å². The van der Waals surface area contributed by atoms with Crippen molar-refractivity contribution in [1.82, 2.24) is 20.2 Å². The summed E-state index contributed by atoms with van der Waals surface area (Å²) in [6.07, 6.45) is 6.04. The van der Waals surface area contributed by atoms with Crippen LogP contribution in [0.4, 0.5) is 4.39 Å². The first-order valence-electron chi connectivity index (χ1n) is 11.3. The zero-order valence-corrected chi connectivity index (χ0v) is 18.0. The van der Waals surface area contributed by atoms with Crippen LogP contribution < -0.4 is 5.32 Å². The number of carbonyl (C=O) groups is 1. The maximum atomic E-state index is 14.6. The number of amides is 1. The molecule has 1 atom stereocenters. The highest BCUT2D eigenvalue weighted by molar-refractivity contribution is 5.94. The monoisotopic (exact) mass is 424 g/mol. The van der Waals surface area contributed by atoms with Gasteiger partial charge in [-0.25, -0.2) is 14.4 Å². The van der Waals surface area contributed by atoms with Gasteiger partial charge in [0.1, 0.15) is 17.2 Å². The highest BCUT2D eigenvalue weighted by atomic mass is 19.1. The van der Waals surface area contributed by atoms with Crippen molar-refractivity contribution >= 4 is 5.91 Å². The molecule has 3 aliphatic heterocycles. The normalized spacial score (nSPS) is 22.5. The number of aryl methyl sites for hydroxylation is 1. The van der Waals surface area contributed by atoms with Crippen molar-refractivity contribution in [1.29, 1.82) is 0 Å². The highest BCUT2D eigenvalue weighted by Crippen LogP contribution is 2.40. The van der Waals surface area contributed by atoms with E-state index in [1.165, 1.54) is 6.07 Å². The van der Waals surface area contributed by atoms with Crippen molar-refractivity contribution in [3.8, 4) is 0 Å². The predicted molar refractivity (Wildman–Crippen MR) is 114 cm³/mol. The molecule has 1 aromatic heterocycles. The van der Waals surface area contributed by atoms with Crippen molar-refractivity contribution in [2.45, 2.75) is 44.6 Å². The van der Waals surface area contributed by atoms with E-state index in [1.807, 2.05) is 19.2 Å². The molecule has 7 heteroatoms. The lowest BCUT2D eigenvalue weighted by atomic mass is 9.83. The van der Waals surface area contributed by atoms with Gasteiger partial charge in [0.25, 0.3) is 5.91 Å². The molecule has 6 nitrogen and oxygen atoms in total. The second-order valence-corrected chi connectivity index (χ2v) is 9.05. The summed E-state index contributed by atoms with van der Waals surface area (Å²) in [6, 6.07) is 5.00. The average molecular weight is 425 g/mol. The molecular weight excluding hydrogens is 395 g/mol. The van der Waals surface area contributed by atoms with Crippen LogP contribution in [0.15, 0.2) is 24.4 Å². The summed E-state index contributed by atoms with van der Waals surface area (Å²) >= 11 is 0. The van der Waals surface area contributed by atoms with Gasteiger partial charge >= 0.3 is 0 Å². The maximum absolute atomic E-state index is 14.6. The topological polar surface area (TPSA) is 67.4 Å². The van der Waals surface area contributed by atoms with Crippen molar-refractivity contribution in [3.63, 3.8) is 0 Å².